The summed E-state index contributed by atoms with van der Waals surface area (Å²) in [6.07, 6.45) is 9.15. The number of nitrogens with zero attached hydrogens (tertiary/aromatic N) is 3. The molecule has 41 heavy (non-hydrogen) atoms. The first-order valence-corrected chi connectivity index (χ1v) is 15.4. The SMILES string of the molecule is C=CCCCOC(=O)[C@@H]1[C@H]2C(=O)N(CCCCCCO)C(C(=O)N(CC=C)CCN3CCOCC3)C23CC[C@@]1(C)O3. The molecule has 0 aromatic rings. The Labute approximate surface area is 244 Å². The Hall–Kier alpha value is -2.27. The van der Waals surface area contributed by atoms with E-state index < -0.39 is 35.0 Å². The largest absolute Gasteiger partial charge is 0.465 e. The molecule has 0 aromatic heterocycles. The van der Waals surface area contributed by atoms with Gasteiger partial charge in [0, 0.05) is 45.9 Å². The third kappa shape index (κ3) is 6.55. The van der Waals surface area contributed by atoms with Gasteiger partial charge in [-0.1, -0.05) is 25.0 Å². The molecule has 4 aliphatic heterocycles. The van der Waals surface area contributed by atoms with Gasteiger partial charge in [-0.2, -0.15) is 0 Å². The van der Waals surface area contributed by atoms with Gasteiger partial charge in [-0.05, 0) is 45.4 Å². The van der Waals surface area contributed by atoms with Crippen LogP contribution in [0.1, 0.15) is 58.3 Å². The smallest absolute Gasteiger partial charge is 0.312 e. The number of aliphatic hydroxyl groups is 1. The molecule has 2 amide bonds. The number of aliphatic hydroxyl groups excluding tert-OH is 1. The summed E-state index contributed by atoms with van der Waals surface area (Å²) in [5.41, 5.74) is -1.91. The van der Waals surface area contributed by atoms with Crippen LogP contribution in [0.2, 0.25) is 0 Å². The number of unbranched alkanes of at least 4 members (excludes halogenated alkanes) is 4. The molecule has 2 bridgehead atoms. The fourth-order valence-electron chi connectivity index (χ4n) is 7.25. The van der Waals surface area contributed by atoms with Crippen molar-refractivity contribution in [3.63, 3.8) is 0 Å². The van der Waals surface area contributed by atoms with E-state index in [2.05, 4.69) is 18.1 Å². The molecule has 4 fully saturated rings. The van der Waals surface area contributed by atoms with Gasteiger partial charge < -0.3 is 29.1 Å². The summed E-state index contributed by atoms with van der Waals surface area (Å²) < 4.78 is 17.9. The summed E-state index contributed by atoms with van der Waals surface area (Å²) in [4.78, 5) is 47.9. The molecule has 10 nitrogen and oxygen atoms in total. The second-order valence-electron chi connectivity index (χ2n) is 12.0. The number of hydrogen-bond acceptors (Lipinski definition) is 8. The number of allylic oxidation sites excluding steroid dienone is 1. The van der Waals surface area contributed by atoms with Gasteiger partial charge >= 0.3 is 5.97 Å². The van der Waals surface area contributed by atoms with Gasteiger partial charge in [-0.25, -0.2) is 0 Å². The molecular weight excluding hydrogens is 526 g/mol. The van der Waals surface area contributed by atoms with Gasteiger partial charge in [-0.15, -0.1) is 13.2 Å². The van der Waals surface area contributed by atoms with E-state index in [1.807, 2.05) is 6.92 Å². The summed E-state index contributed by atoms with van der Waals surface area (Å²) in [7, 11) is 0. The maximum atomic E-state index is 14.5. The van der Waals surface area contributed by atoms with Gasteiger partial charge in [0.15, 0.2) is 0 Å². The number of carbonyl (C=O) groups is 3. The van der Waals surface area contributed by atoms with E-state index in [0.717, 1.165) is 32.4 Å². The number of carbonyl (C=O) groups excluding carboxylic acids is 3. The molecule has 0 radical (unpaired) electrons. The Balaban J connectivity index is 1.58. The lowest BCUT2D eigenvalue weighted by Gasteiger charge is -2.37. The number of esters is 1. The van der Waals surface area contributed by atoms with Crippen molar-refractivity contribution in [2.75, 3.05) is 65.7 Å². The minimum atomic E-state index is -1.06. The minimum Gasteiger partial charge on any atom is -0.465 e. The number of ether oxygens (including phenoxy) is 3. The van der Waals surface area contributed by atoms with Crippen molar-refractivity contribution in [2.24, 2.45) is 11.8 Å². The van der Waals surface area contributed by atoms with Crippen molar-refractivity contribution in [3.8, 4) is 0 Å². The zero-order chi connectivity index (χ0) is 29.5. The average Bonchev–Trinajstić information content (AvgIpc) is 3.54. The van der Waals surface area contributed by atoms with Gasteiger partial charge in [0.2, 0.25) is 11.8 Å². The molecule has 4 rings (SSSR count). The minimum absolute atomic E-state index is 0.137. The van der Waals surface area contributed by atoms with Gasteiger partial charge in [0.1, 0.15) is 17.6 Å². The third-order valence-electron chi connectivity index (χ3n) is 9.32. The fourth-order valence-corrected chi connectivity index (χ4v) is 7.25. The number of rotatable bonds is 17. The zero-order valence-electron chi connectivity index (χ0n) is 24.8. The van der Waals surface area contributed by atoms with E-state index in [1.165, 1.54) is 0 Å². The lowest BCUT2D eigenvalue weighted by atomic mass is 9.66. The van der Waals surface area contributed by atoms with Crippen LogP contribution in [-0.4, -0.2) is 121 Å². The average molecular weight is 576 g/mol. The van der Waals surface area contributed by atoms with Crippen molar-refractivity contribution >= 4 is 17.8 Å². The van der Waals surface area contributed by atoms with Crippen LogP contribution >= 0.6 is 0 Å². The van der Waals surface area contributed by atoms with Gasteiger partial charge in [0.25, 0.3) is 0 Å². The second-order valence-corrected chi connectivity index (χ2v) is 12.0. The summed E-state index contributed by atoms with van der Waals surface area (Å²) >= 11 is 0. The number of likely N-dealkylation sites (tertiary alicyclic amines) is 1. The standard InChI is InChI=1S/C31H49N3O7/c1-4-6-11-21-40-29(38)25-24-27(36)34(15-9-7-8-10-20-35)26(31(24)13-12-30(25,3)41-31)28(37)33(14-5-2)17-16-32-18-22-39-23-19-32/h4-5,24-26,35H,1-2,6-23H2,3H3/t24-,25-,26?,30+,31?/m0/s1. The Bertz CT molecular complexity index is 954. The first-order chi connectivity index (χ1) is 19.8. The van der Waals surface area contributed by atoms with E-state index in [9.17, 15) is 14.4 Å². The van der Waals surface area contributed by atoms with Crippen LogP contribution in [0.15, 0.2) is 25.3 Å². The quantitative estimate of drug-likeness (QED) is 0.160. The lowest BCUT2D eigenvalue weighted by Crippen LogP contribution is -2.57. The van der Waals surface area contributed by atoms with Crippen molar-refractivity contribution in [1.29, 1.82) is 0 Å². The molecule has 230 valence electrons. The van der Waals surface area contributed by atoms with E-state index in [1.54, 1.807) is 22.0 Å². The van der Waals surface area contributed by atoms with Crippen molar-refractivity contribution in [1.82, 2.24) is 14.7 Å². The number of hydrogen-bond donors (Lipinski definition) is 1. The van der Waals surface area contributed by atoms with Crippen LogP contribution in [0.5, 0.6) is 0 Å². The molecule has 4 heterocycles. The number of morpholine rings is 1. The molecule has 2 unspecified atom stereocenters. The third-order valence-corrected chi connectivity index (χ3v) is 9.32. The highest BCUT2D eigenvalue weighted by Crippen LogP contribution is 2.63. The highest BCUT2D eigenvalue weighted by Gasteiger charge is 2.78. The van der Waals surface area contributed by atoms with Crippen LogP contribution in [0.3, 0.4) is 0 Å². The predicted molar refractivity (Wildman–Crippen MR) is 154 cm³/mol. The monoisotopic (exact) mass is 575 g/mol. The van der Waals surface area contributed by atoms with Crippen molar-refractivity contribution in [3.05, 3.63) is 25.3 Å². The van der Waals surface area contributed by atoms with Crippen LogP contribution in [0.25, 0.3) is 0 Å². The zero-order valence-corrected chi connectivity index (χ0v) is 24.8. The Kier molecular flexibility index (Phi) is 11.0. The Morgan fingerprint density at radius 3 is 2.56 bits per heavy atom. The van der Waals surface area contributed by atoms with E-state index in [4.69, 9.17) is 19.3 Å². The van der Waals surface area contributed by atoms with Gasteiger partial charge in [-0.3, -0.25) is 19.3 Å². The summed E-state index contributed by atoms with van der Waals surface area (Å²) in [5, 5.41) is 9.17. The van der Waals surface area contributed by atoms with E-state index >= 15 is 0 Å². The fraction of sp³-hybridized carbons (Fsp3) is 0.774. The van der Waals surface area contributed by atoms with E-state index in [-0.39, 0.29) is 25.0 Å². The highest BCUT2D eigenvalue weighted by molar-refractivity contribution is 5.98. The first kappa shape index (κ1) is 31.7. The topological polar surface area (TPSA) is 109 Å². The molecule has 0 aromatic carbocycles. The van der Waals surface area contributed by atoms with Crippen molar-refractivity contribution in [2.45, 2.75) is 75.5 Å². The molecule has 4 aliphatic rings. The maximum absolute atomic E-state index is 14.5. The first-order valence-electron chi connectivity index (χ1n) is 15.4. The Morgan fingerprint density at radius 1 is 1.10 bits per heavy atom. The predicted octanol–water partition coefficient (Wildman–Crippen LogP) is 2.16. The van der Waals surface area contributed by atoms with Crippen LogP contribution < -0.4 is 0 Å². The molecule has 0 aliphatic carbocycles. The normalized spacial score (nSPS) is 30.8. The van der Waals surface area contributed by atoms with Crippen LogP contribution in [-0.2, 0) is 28.6 Å². The number of fused-ring (bicyclic) bond motifs is 1. The summed E-state index contributed by atoms with van der Waals surface area (Å²) in [6.45, 7) is 14.9. The lowest BCUT2D eigenvalue weighted by molar-refractivity contribution is -0.160. The number of amides is 2. The van der Waals surface area contributed by atoms with Crippen LogP contribution in [0.4, 0.5) is 0 Å². The molecule has 5 atom stereocenters. The molecule has 1 N–H and O–H groups in total. The molecule has 0 saturated carbocycles. The van der Waals surface area contributed by atoms with E-state index in [0.29, 0.717) is 71.5 Å². The summed E-state index contributed by atoms with van der Waals surface area (Å²) in [6, 6.07) is -0.803. The summed E-state index contributed by atoms with van der Waals surface area (Å²) in [5.74, 6) is -2.24. The van der Waals surface area contributed by atoms with Crippen LogP contribution in [0, 0.1) is 11.8 Å². The molecule has 10 heteroatoms. The van der Waals surface area contributed by atoms with Crippen molar-refractivity contribution < 1.29 is 33.7 Å². The molecular formula is C31H49N3O7. The molecule has 4 saturated heterocycles. The second kappa shape index (κ2) is 14.3. The highest BCUT2D eigenvalue weighted by atomic mass is 16.6. The van der Waals surface area contributed by atoms with Gasteiger partial charge in [0.05, 0.1) is 31.3 Å². The molecule has 1 spiro atoms. The Morgan fingerprint density at radius 2 is 1.85 bits per heavy atom. The maximum Gasteiger partial charge on any atom is 0.312 e.